The normalized spacial score (nSPS) is 32.4. The van der Waals surface area contributed by atoms with Gasteiger partial charge in [-0.05, 0) is 80.5 Å². The molecule has 6 nitrogen and oxygen atoms in total. The van der Waals surface area contributed by atoms with Crippen LogP contribution < -0.4 is 4.74 Å². The second kappa shape index (κ2) is 8.62. The van der Waals surface area contributed by atoms with Gasteiger partial charge in [0.1, 0.15) is 6.10 Å². The highest BCUT2D eigenvalue weighted by molar-refractivity contribution is 5.94. The van der Waals surface area contributed by atoms with Gasteiger partial charge in [-0.2, -0.15) is 0 Å². The lowest BCUT2D eigenvalue weighted by molar-refractivity contribution is -0.210. The molecule has 1 amide bonds. The standard InChI is InChI=1S/C32H36N2O4/c1-6-14-34-15-13-31-27-23-10-11-24(35)29(27)38-30(31)28(21(4)18-32(31,37)25(34)17-23)33(5)26(36)12-9-22-8-7-19(2)20(3)16-22/h6-8,10-11,16,21,25,28,30,35,37H,1,13-15,17-18H2,2-5H3/t21-,25+,28-,30-,31-,32+/m0/s1. The second-order valence-electron chi connectivity index (χ2n) is 11.8. The zero-order chi connectivity index (χ0) is 27.0. The molecule has 6 rings (SSSR count). The third kappa shape index (κ3) is 3.25. The molecule has 38 heavy (non-hydrogen) atoms. The van der Waals surface area contributed by atoms with Gasteiger partial charge >= 0.3 is 0 Å². The van der Waals surface area contributed by atoms with Crippen LogP contribution in [-0.2, 0) is 16.6 Å². The van der Waals surface area contributed by atoms with Crippen LogP contribution in [0.25, 0.3) is 0 Å². The van der Waals surface area contributed by atoms with Gasteiger partial charge in [-0.15, -0.1) is 6.58 Å². The first-order valence-electron chi connectivity index (χ1n) is 13.6. The molecule has 4 aliphatic rings. The molecule has 0 radical (unpaired) electrons. The van der Waals surface area contributed by atoms with E-state index in [2.05, 4.69) is 37.2 Å². The summed E-state index contributed by atoms with van der Waals surface area (Å²) < 4.78 is 6.63. The molecule has 0 unspecified atom stereocenters. The molecular formula is C32H36N2O4. The molecule has 1 saturated heterocycles. The Hall–Kier alpha value is -3.27. The highest BCUT2D eigenvalue weighted by atomic mass is 16.5. The van der Waals surface area contributed by atoms with Crippen LogP contribution in [0.2, 0.25) is 0 Å². The molecule has 2 fully saturated rings. The van der Waals surface area contributed by atoms with Crippen molar-refractivity contribution in [3.8, 4) is 23.3 Å². The van der Waals surface area contributed by atoms with Gasteiger partial charge in [-0.3, -0.25) is 9.69 Å². The molecule has 198 valence electrons. The fourth-order valence-electron chi connectivity index (χ4n) is 8.02. The fourth-order valence-corrected chi connectivity index (χ4v) is 8.02. The average molecular weight is 513 g/mol. The van der Waals surface area contributed by atoms with Crippen LogP contribution in [0.5, 0.6) is 11.5 Å². The molecule has 2 aliphatic heterocycles. The van der Waals surface area contributed by atoms with E-state index in [0.29, 0.717) is 31.6 Å². The minimum absolute atomic E-state index is 0.0420. The number of benzene rings is 2. The maximum atomic E-state index is 13.5. The van der Waals surface area contributed by atoms with Crippen LogP contribution >= 0.6 is 0 Å². The number of hydrogen-bond donors (Lipinski definition) is 2. The Balaban J connectivity index is 1.41. The monoisotopic (exact) mass is 512 g/mol. The van der Waals surface area contributed by atoms with E-state index in [1.54, 1.807) is 18.0 Å². The molecule has 1 saturated carbocycles. The van der Waals surface area contributed by atoms with E-state index in [-0.39, 0.29) is 29.7 Å². The van der Waals surface area contributed by atoms with E-state index in [9.17, 15) is 15.0 Å². The van der Waals surface area contributed by atoms with Crippen molar-refractivity contribution in [2.45, 2.75) is 69.2 Å². The van der Waals surface area contributed by atoms with Gasteiger partial charge in [0.25, 0.3) is 5.91 Å². The van der Waals surface area contributed by atoms with E-state index in [1.807, 2.05) is 37.3 Å². The average Bonchev–Trinajstić information content (AvgIpc) is 3.22. The number of amides is 1. The van der Waals surface area contributed by atoms with Gasteiger partial charge in [0.05, 0.1) is 17.1 Å². The summed E-state index contributed by atoms with van der Waals surface area (Å²) in [6, 6.07) is 9.23. The first-order chi connectivity index (χ1) is 18.1. The molecular weight excluding hydrogens is 476 g/mol. The zero-order valence-corrected chi connectivity index (χ0v) is 22.6. The number of phenols is 1. The van der Waals surface area contributed by atoms with Gasteiger partial charge in [0, 0.05) is 36.7 Å². The van der Waals surface area contributed by atoms with E-state index < -0.39 is 17.1 Å². The number of rotatable bonds is 3. The van der Waals surface area contributed by atoms with Crippen molar-refractivity contribution in [1.29, 1.82) is 0 Å². The predicted molar refractivity (Wildman–Crippen MR) is 146 cm³/mol. The van der Waals surface area contributed by atoms with Crippen molar-refractivity contribution in [2.75, 3.05) is 20.1 Å². The number of carbonyl (C=O) groups is 1. The van der Waals surface area contributed by atoms with Crippen molar-refractivity contribution in [2.24, 2.45) is 5.92 Å². The Morgan fingerprint density at radius 2 is 2.08 bits per heavy atom. The Morgan fingerprint density at radius 1 is 1.29 bits per heavy atom. The van der Waals surface area contributed by atoms with Crippen molar-refractivity contribution >= 4 is 5.91 Å². The Labute approximate surface area is 224 Å². The minimum atomic E-state index is -1.05. The van der Waals surface area contributed by atoms with E-state index in [0.717, 1.165) is 28.8 Å². The number of ether oxygens (including phenoxy) is 1. The lowest BCUT2D eigenvalue weighted by Gasteiger charge is -2.65. The first-order valence-corrected chi connectivity index (χ1v) is 13.6. The number of aliphatic hydroxyl groups is 1. The van der Waals surface area contributed by atoms with Crippen LogP contribution in [0, 0.1) is 31.6 Å². The summed E-state index contributed by atoms with van der Waals surface area (Å²) in [5.41, 5.74) is 3.44. The summed E-state index contributed by atoms with van der Waals surface area (Å²) >= 11 is 0. The van der Waals surface area contributed by atoms with Gasteiger partial charge in [-0.25, -0.2) is 0 Å². The van der Waals surface area contributed by atoms with Crippen molar-refractivity contribution in [3.05, 3.63) is 70.8 Å². The number of hydrogen-bond acceptors (Lipinski definition) is 5. The van der Waals surface area contributed by atoms with Crippen LogP contribution in [0.4, 0.5) is 0 Å². The second-order valence-corrected chi connectivity index (χ2v) is 11.8. The van der Waals surface area contributed by atoms with Gasteiger partial charge < -0.3 is 19.8 Å². The molecule has 6 heteroatoms. The highest BCUT2D eigenvalue weighted by Crippen LogP contribution is 2.66. The largest absolute Gasteiger partial charge is 0.504 e. The lowest BCUT2D eigenvalue weighted by Crippen LogP contribution is -2.79. The number of aromatic hydroxyl groups is 1. The Kier molecular flexibility index (Phi) is 5.68. The van der Waals surface area contributed by atoms with Crippen LogP contribution in [0.3, 0.4) is 0 Å². The van der Waals surface area contributed by atoms with Gasteiger partial charge in [0.15, 0.2) is 11.5 Å². The smallest absolute Gasteiger partial charge is 0.298 e. The van der Waals surface area contributed by atoms with Crippen molar-refractivity contribution in [1.82, 2.24) is 9.80 Å². The number of piperidine rings is 1. The predicted octanol–water partition coefficient (Wildman–Crippen LogP) is 3.47. The summed E-state index contributed by atoms with van der Waals surface area (Å²) in [6.45, 7) is 11.6. The molecule has 2 N–H and O–H groups in total. The van der Waals surface area contributed by atoms with E-state index in [1.165, 1.54) is 5.56 Å². The number of carbonyl (C=O) groups excluding carboxylic acids is 1. The number of phenolic OH excluding ortho intramolecular Hbond substituents is 1. The summed E-state index contributed by atoms with van der Waals surface area (Å²) in [4.78, 5) is 17.5. The quantitative estimate of drug-likeness (QED) is 0.487. The maximum Gasteiger partial charge on any atom is 0.298 e. The van der Waals surface area contributed by atoms with Gasteiger partial charge in [0.2, 0.25) is 0 Å². The molecule has 6 atom stereocenters. The molecule has 0 aromatic heterocycles. The number of nitrogens with zero attached hydrogens (tertiary/aromatic N) is 2. The minimum Gasteiger partial charge on any atom is -0.504 e. The lowest BCUT2D eigenvalue weighted by atomic mass is 9.46. The summed E-state index contributed by atoms with van der Waals surface area (Å²) in [7, 11) is 1.79. The third-order valence-corrected chi connectivity index (χ3v) is 9.85. The summed E-state index contributed by atoms with van der Waals surface area (Å²) in [6.07, 6.45) is 3.33. The van der Waals surface area contributed by atoms with Crippen LogP contribution in [-0.4, -0.2) is 69.8 Å². The van der Waals surface area contributed by atoms with E-state index in [4.69, 9.17) is 4.74 Å². The molecule has 2 bridgehead atoms. The van der Waals surface area contributed by atoms with Crippen molar-refractivity contribution in [3.63, 3.8) is 0 Å². The number of likely N-dealkylation sites (N-methyl/N-ethyl adjacent to an activating group) is 1. The summed E-state index contributed by atoms with van der Waals surface area (Å²) in [5, 5.41) is 23.5. The van der Waals surface area contributed by atoms with Gasteiger partial charge in [-0.1, -0.05) is 31.1 Å². The third-order valence-electron chi connectivity index (χ3n) is 9.85. The fraction of sp³-hybridized carbons (Fsp3) is 0.469. The molecule has 2 aliphatic carbocycles. The summed E-state index contributed by atoms with van der Waals surface area (Å²) in [5.74, 6) is 6.14. The SMILES string of the molecule is C=CCN1CC[C@]23c4c5ccc(O)c4O[C@H]2[C@@H](N(C)C(=O)C#Cc2ccc(C)c(C)c2)[C@@H](C)C[C@@]3(O)[C@H]1C5. The molecule has 1 spiro atoms. The Bertz CT molecular complexity index is 1410. The number of aryl methyl sites for hydroxylation is 2. The Morgan fingerprint density at radius 3 is 2.82 bits per heavy atom. The number of likely N-dealkylation sites (tertiary alicyclic amines) is 1. The zero-order valence-electron chi connectivity index (χ0n) is 22.6. The molecule has 2 aromatic carbocycles. The highest BCUT2D eigenvalue weighted by Gasteiger charge is 2.74. The first kappa shape index (κ1) is 25.0. The molecule has 2 heterocycles. The van der Waals surface area contributed by atoms with E-state index >= 15 is 0 Å². The molecule has 2 aromatic rings. The van der Waals surface area contributed by atoms with Crippen molar-refractivity contribution < 1.29 is 19.7 Å². The maximum absolute atomic E-state index is 13.5. The van der Waals surface area contributed by atoms with Crippen LogP contribution in [0.15, 0.2) is 43.0 Å². The van der Waals surface area contributed by atoms with Crippen LogP contribution in [0.1, 0.15) is 47.6 Å². The topological polar surface area (TPSA) is 73.2 Å².